The number of nitrogens with two attached hydrogens (primary N) is 1. The molecule has 0 aromatic carbocycles. The molecule has 12 heavy (non-hydrogen) atoms. The van der Waals surface area contributed by atoms with Gasteiger partial charge in [-0.15, -0.1) is 0 Å². The summed E-state index contributed by atoms with van der Waals surface area (Å²) in [5, 5.41) is 11.9. The third-order valence-electron chi connectivity index (χ3n) is 1.42. The largest absolute Gasteiger partial charge is 0.392 e. The normalized spacial score (nSPS) is 12.9. The van der Waals surface area contributed by atoms with E-state index < -0.39 is 6.10 Å². The van der Waals surface area contributed by atoms with E-state index in [1.807, 2.05) is 6.92 Å². The first-order chi connectivity index (χ1) is 5.59. The van der Waals surface area contributed by atoms with E-state index in [-0.39, 0.29) is 0 Å². The molecule has 0 saturated carbocycles. The second-order valence-electron chi connectivity index (χ2n) is 2.81. The summed E-state index contributed by atoms with van der Waals surface area (Å²) in [5.74, 6) is 1.88. The van der Waals surface area contributed by atoms with Crippen molar-refractivity contribution in [3.63, 3.8) is 0 Å². The van der Waals surface area contributed by atoms with Gasteiger partial charge in [0, 0.05) is 6.54 Å². The minimum atomic E-state index is -0.401. The van der Waals surface area contributed by atoms with Crippen molar-refractivity contribution in [2.75, 3.05) is 17.6 Å². The van der Waals surface area contributed by atoms with E-state index in [1.54, 1.807) is 6.92 Å². The zero-order valence-electron chi connectivity index (χ0n) is 7.26. The number of imidazole rings is 1. The predicted octanol–water partition coefficient (Wildman–Crippen LogP) is 0.0930. The number of nitrogens with one attached hydrogen (secondary N) is 2. The molecule has 0 saturated heterocycles. The van der Waals surface area contributed by atoms with Crippen molar-refractivity contribution in [2.45, 2.75) is 20.0 Å². The first kappa shape index (κ1) is 8.86. The Morgan fingerprint density at radius 2 is 2.42 bits per heavy atom. The number of aryl methyl sites for hydroxylation is 1. The van der Waals surface area contributed by atoms with Gasteiger partial charge in [0.05, 0.1) is 6.10 Å². The van der Waals surface area contributed by atoms with Crippen molar-refractivity contribution in [1.29, 1.82) is 0 Å². The van der Waals surface area contributed by atoms with Crippen LogP contribution in [-0.2, 0) is 0 Å². The lowest BCUT2D eigenvalue weighted by atomic mass is 10.4. The van der Waals surface area contributed by atoms with E-state index in [1.165, 1.54) is 0 Å². The van der Waals surface area contributed by atoms with Crippen LogP contribution in [0.2, 0.25) is 0 Å². The number of H-pyrrole nitrogens is 1. The number of aromatic amines is 1. The van der Waals surface area contributed by atoms with Crippen molar-refractivity contribution in [2.24, 2.45) is 0 Å². The minimum Gasteiger partial charge on any atom is -0.392 e. The van der Waals surface area contributed by atoms with Crippen LogP contribution in [-0.4, -0.2) is 27.7 Å². The first-order valence-corrected chi connectivity index (χ1v) is 3.83. The maximum Gasteiger partial charge on any atom is 0.168 e. The lowest BCUT2D eigenvalue weighted by Crippen LogP contribution is -2.16. The van der Waals surface area contributed by atoms with Crippen LogP contribution in [0.25, 0.3) is 0 Å². The first-order valence-electron chi connectivity index (χ1n) is 3.83. The van der Waals surface area contributed by atoms with Crippen LogP contribution in [0.4, 0.5) is 11.6 Å². The van der Waals surface area contributed by atoms with Gasteiger partial charge in [0.2, 0.25) is 0 Å². The number of aromatic nitrogens is 2. The Kier molecular flexibility index (Phi) is 2.54. The molecule has 1 aromatic rings. The summed E-state index contributed by atoms with van der Waals surface area (Å²) >= 11 is 0. The molecular formula is C7H14N4O. The molecule has 1 aromatic heterocycles. The highest BCUT2D eigenvalue weighted by Gasteiger charge is 2.04. The number of aliphatic hydroxyl groups excluding tert-OH is 1. The van der Waals surface area contributed by atoms with Crippen molar-refractivity contribution < 1.29 is 5.11 Å². The van der Waals surface area contributed by atoms with Gasteiger partial charge in [-0.2, -0.15) is 0 Å². The summed E-state index contributed by atoms with van der Waals surface area (Å²) in [6, 6.07) is 0. The molecule has 68 valence electrons. The summed E-state index contributed by atoms with van der Waals surface area (Å²) in [7, 11) is 0. The number of hydrogen-bond donors (Lipinski definition) is 4. The highest BCUT2D eigenvalue weighted by Crippen LogP contribution is 2.13. The van der Waals surface area contributed by atoms with Gasteiger partial charge in [-0.05, 0) is 13.8 Å². The fraction of sp³-hybridized carbons (Fsp3) is 0.571. The minimum absolute atomic E-state index is 0.401. The zero-order valence-corrected chi connectivity index (χ0v) is 7.26. The molecule has 0 spiro atoms. The van der Waals surface area contributed by atoms with Gasteiger partial charge in [0.25, 0.3) is 0 Å². The molecular weight excluding hydrogens is 156 g/mol. The zero-order chi connectivity index (χ0) is 9.14. The molecule has 1 atom stereocenters. The van der Waals surface area contributed by atoms with Gasteiger partial charge >= 0.3 is 0 Å². The summed E-state index contributed by atoms with van der Waals surface area (Å²) in [6.07, 6.45) is -0.401. The Hall–Kier alpha value is -1.23. The smallest absolute Gasteiger partial charge is 0.168 e. The maximum atomic E-state index is 8.97. The average Bonchev–Trinajstić information content (AvgIpc) is 2.26. The number of nitrogens with zero attached hydrogens (tertiary/aromatic N) is 1. The van der Waals surface area contributed by atoms with Gasteiger partial charge < -0.3 is 21.1 Å². The third kappa shape index (κ3) is 2.13. The summed E-state index contributed by atoms with van der Waals surface area (Å²) in [5.41, 5.74) is 5.57. The van der Waals surface area contributed by atoms with Crippen molar-refractivity contribution in [1.82, 2.24) is 9.97 Å². The number of rotatable bonds is 3. The van der Waals surface area contributed by atoms with Gasteiger partial charge in [-0.3, -0.25) is 0 Å². The van der Waals surface area contributed by atoms with E-state index in [0.29, 0.717) is 18.2 Å². The van der Waals surface area contributed by atoms with Crippen LogP contribution in [0, 0.1) is 6.92 Å². The van der Waals surface area contributed by atoms with E-state index >= 15 is 0 Å². The quantitative estimate of drug-likeness (QED) is 0.518. The van der Waals surface area contributed by atoms with Crippen LogP contribution in [0.5, 0.6) is 0 Å². The van der Waals surface area contributed by atoms with Gasteiger partial charge in [0.15, 0.2) is 5.82 Å². The molecule has 5 N–H and O–H groups in total. The summed E-state index contributed by atoms with van der Waals surface area (Å²) in [6.45, 7) is 3.97. The van der Waals surface area contributed by atoms with E-state index in [4.69, 9.17) is 10.8 Å². The Morgan fingerprint density at radius 3 is 2.83 bits per heavy atom. The maximum absolute atomic E-state index is 8.97. The third-order valence-corrected chi connectivity index (χ3v) is 1.42. The molecule has 0 aliphatic heterocycles. The molecule has 0 bridgehead atoms. The molecule has 1 unspecified atom stereocenters. The fourth-order valence-electron chi connectivity index (χ4n) is 0.889. The fourth-order valence-corrected chi connectivity index (χ4v) is 0.889. The monoisotopic (exact) mass is 170 g/mol. The SMILES string of the molecule is Cc1nc(NCC(C)O)c(N)[nH]1. The molecule has 5 heteroatoms. The topological polar surface area (TPSA) is 87.0 Å². The van der Waals surface area contributed by atoms with Crippen molar-refractivity contribution in [3.8, 4) is 0 Å². The lowest BCUT2D eigenvalue weighted by Gasteiger charge is -2.05. The molecule has 1 rings (SSSR count). The Morgan fingerprint density at radius 1 is 1.75 bits per heavy atom. The number of anilines is 2. The molecule has 0 fully saturated rings. The van der Waals surface area contributed by atoms with Gasteiger partial charge in [0.1, 0.15) is 11.6 Å². The highest BCUT2D eigenvalue weighted by atomic mass is 16.3. The number of hydrogen-bond acceptors (Lipinski definition) is 4. The number of nitrogen functional groups attached to an aromatic ring is 1. The second-order valence-corrected chi connectivity index (χ2v) is 2.81. The lowest BCUT2D eigenvalue weighted by molar-refractivity contribution is 0.208. The van der Waals surface area contributed by atoms with E-state index in [0.717, 1.165) is 5.82 Å². The van der Waals surface area contributed by atoms with Crippen LogP contribution in [0.1, 0.15) is 12.7 Å². The Labute approximate surface area is 71.0 Å². The van der Waals surface area contributed by atoms with E-state index in [9.17, 15) is 0 Å². The van der Waals surface area contributed by atoms with Crippen LogP contribution in [0.3, 0.4) is 0 Å². The highest BCUT2D eigenvalue weighted by molar-refractivity contribution is 5.56. The summed E-state index contributed by atoms with van der Waals surface area (Å²) < 4.78 is 0. The average molecular weight is 170 g/mol. The van der Waals surface area contributed by atoms with E-state index in [2.05, 4.69) is 15.3 Å². The molecule has 0 radical (unpaired) electrons. The standard InChI is InChI=1S/C7H14N4O/c1-4(12)3-9-7-6(8)10-5(2)11-7/h4,9,12H,3,8H2,1-2H3,(H,10,11). The molecule has 0 amide bonds. The van der Waals surface area contributed by atoms with Gasteiger partial charge in [-0.25, -0.2) is 4.98 Å². The Bertz CT molecular complexity index is 256. The molecule has 0 aliphatic carbocycles. The van der Waals surface area contributed by atoms with Crippen molar-refractivity contribution >= 4 is 11.6 Å². The predicted molar refractivity (Wildman–Crippen MR) is 47.9 cm³/mol. The summed E-state index contributed by atoms with van der Waals surface area (Å²) in [4.78, 5) is 6.93. The van der Waals surface area contributed by atoms with Crippen LogP contribution < -0.4 is 11.1 Å². The molecule has 0 aliphatic rings. The second kappa shape index (κ2) is 3.44. The van der Waals surface area contributed by atoms with Crippen LogP contribution >= 0.6 is 0 Å². The van der Waals surface area contributed by atoms with Crippen molar-refractivity contribution in [3.05, 3.63) is 5.82 Å². The molecule has 5 nitrogen and oxygen atoms in total. The molecule has 1 heterocycles. The van der Waals surface area contributed by atoms with Crippen LogP contribution in [0.15, 0.2) is 0 Å². The van der Waals surface area contributed by atoms with Gasteiger partial charge in [-0.1, -0.05) is 0 Å². The number of aliphatic hydroxyl groups is 1. The Balaban J connectivity index is 2.57.